The van der Waals surface area contributed by atoms with Gasteiger partial charge in [-0.25, -0.2) is 0 Å². The molecule has 2 nitrogen and oxygen atoms in total. The third-order valence-electron chi connectivity index (χ3n) is 1.67. The van der Waals surface area contributed by atoms with Gasteiger partial charge in [0, 0.05) is 15.5 Å². The number of halogens is 2. The SMILES string of the molecule is N#CC[C@H](N)c1cc(Cl)ccc1Br. The topological polar surface area (TPSA) is 49.8 Å². The van der Waals surface area contributed by atoms with Crippen molar-refractivity contribution in [1.82, 2.24) is 0 Å². The van der Waals surface area contributed by atoms with E-state index >= 15 is 0 Å². The highest BCUT2D eigenvalue weighted by molar-refractivity contribution is 9.10. The van der Waals surface area contributed by atoms with Crippen LogP contribution in [0.3, 0.4) is 0 Å². The van der Waals surface area contributed by atoms with E-state index in [0.717, 1.165) is 10.0 Å². The summed E-state index contributed by atoms with van der Waals surface area (Å²) in [6.07, 6.45) is 0.291. The lowest BCUT2D eigenvalue weighted by Gasteiger charge is -2.10. The Morgan fingerprint density at radius 3 is 2.92 bits per heavy atom. The predicted octanol–water partition coefficient (Wildman–Crippen LogP) is 3.02. The summed E-state index contributed by atoms with van der Waals surface area (Å²) in [5, 5.41) is 9.11. The molecule has 2 N–H and O–H groups in total. The molecule has 0 unspecified atom stereocenters. The molecule has 0 bridgehead atoms. The van der Waals surface area contributed by atoms with Gasteiger partial charge in [0.25, 0.3) is 0 Å². The molecule has 0 aliphatic heterocycles. The molecule has 0 saturated heterocycles. The monoisotopic (exact) mass is 258 g/mol. The molecule has 0 aromatic heterocycles. The average molecular weight is 260 g/mol. The number of nitriles is 1. The summed E-state index contributed by atoms with van der Waals surface area (Å²) in [5.74, 6) is 0. The highest BCUT2D eigenvalue weighted by atomic mass is 79.9. The van der Waals surface area contributed by atoms with Crippen molar-refractivity contribution in [2.75, 3.05) is 0 Å². The average Bonchev–Trinajstić information content (AvgIpc) is 2.09. The number of hydrogen-bond acceptors (Lipinski definition) is 2. The smallest absolute Gasteiger partial charge is 0.0641 e. The van der Waals surface area contributed by atoms with Gasteiger partial charge in [-0.05, 0) is 23.8 Å². The van der Waals surface area contributed by atoms with Crippen molar-refractivity contribution in [2.45, 2.75) is 12.5 Å². The Labute approximate surface area is 90.4 Å². The molecule has 0 fully saturated rings. The Morgan fingerprint density at radius 2 is 2.31 bits per heavy atom. The molecule has 1 atom stereocenters. The van der Waals surface area contributed by atoms with E-state index in [9.17, 15) is 0 Å². The van der Waals surface area contributed by atoms with Crippen molar-refractivity contribution < 1.29 is 0 Å². The van der Waals surface area contributed by atoms with Crippen molar-refractivity contribution in [2.24, 2.45) is 5.73 Å². The van der Waals surface area contributed by atoms with Crippen molar-refractivity contribution in [3.05, 3.63) is 33.3 Å². The van der Waals surface area contributed by atoms with Gasteiger partial charge < -0.3 is 5.73 Å². The van der Waals surface area contributed by atoms with E-state index in [0.29, 0.717) is 11.4 Å². The molecule has 13 heavy (non-hydrogen) atoms. The van der Waals surface area contributed by atoms with Crippen LogP contribution in [0.1, 0.15) is 18.0 Å². The summed E-state index contributed by atoms with van der Waals surface area (Å²) in [6, 6.07) is 7.12. The molecular formula is C9H8BrClN2. The van der Waals surface area contributed by atoms with E-state index in [1.165, 1.54) is 0 Å². The number of rotatable bonds is 2. The van der Waals surface area contributed by atoms with Crippen LogP contribution < -0.4 is 5.73 Å². The largest absolute Gasteiger partial charge is 0.323 e. The summed E-state index contributed by atoms with van der Waals surface area (Å²) in [7, 11) is 0. The molecular weight excluding hydrogens is 251 g/mol. The van der Waals surface area contributed by atoms with Crippen molar-refractivity contribution in [3.63, 3.8) is 0 Å². The number of nitrogens with two attached hydrogens (primary N) is 1. The fourth-order valence-electron chi connectivity index (χ4n) is 1.01. The first-order chi connectivity index (χ1) is 6.15. The summed E-state index contributed by atoms with van der Waals surface area (Å²) < 4.78 is 0.889. The van der Waals surface area contributed by atoms with E-state index in [1.54, 1.807) is 12.1 Å². The van der Waals surface area contributed by atoms with Gasteiger partial charge in [0.1, 0.15) is 0 Å². The molecule has 0 radical (unpaired) electrons. The molecule has 1 rings (SSSR count). The Hall–Kier alpha value is -0.560. The van der Waals surface area contributed by atoms with Gasteiger partial charge in [-0.1, -0.05) is 27.5 Å². The number of benzene rings is 1. The lowest BCUT2D eigenvalue weighted by atomic mass is 10.1. The van der Waals surface area contributed by atoms with Crippen LogP contribution in [-0.4, -0.2) is 0 Å². The molecule has 0 spiro atoms. The summed E-state index contributed by atoms with van der Waals surface area (Å²) in [6.45, 7) is 0. The van der Waals surface area contributed by atoms with Crippen LogP contribution >= 0.6 is 27.5 Å². The number of nitrogens with zero attached hydrogens (tertiary/aromatic N) is 1. The first-order valence-electron chi connectivity index (χ1n) is 3.72. The van der Waals surface area contributed by atoms with E-state index in [1.807, 2.05) is 12.1 Å². The lowest BCUT2D eigenvalue weighted by molar-refractivity contribution is 0.745. The van der Waals surface area contributed by atoms with Gasteiger partial charge in [-0.2, -0.15) is 5.26 Å². The van der Waals surface area contributed by atoms with Gasteiger partial charge >= 0.3 is 0 Å². The molecule has 0 amide bonds. The van der Waals surface area contributed by atoms with E-state index < -0.39 is 0 Å². The van der Waals surface area contributed by atoms with Crippen LogP contribution in [-0.2, 0) is 0 Å². The molecule has 68 valence electrons. The zero-order valence-electron chi connectivity index (χ0n) is 6.80. The predicted molar refractivity (Wildman–Crippen MR) is 56.3 cm³/mol. The second-order valence-corrected chi connectivity index (χ2v) is 3.93. The minimum atomic E-state index is -0.280. The highest BCUT2D eigenvalue weighted by Gasteiger charge is 2.09. The molecule has 4 heteroatoms. The minimum Gasteiger partial charge on any atom is -0.323 e. The molecule has 1 aromatic carbocycles. The van der Waals surface area contributed by atoms with Crippen LogP contribution in [0.4, 0.5) is 0 Å². The molecule has 0 saturated carbocycles. The van der Waals surface area contributed by atoms with Gasteiger partial charge in [0.05, 0.1) is 12.5 Å². The zero-order chi connectivity index (χ0) is 9.84. The molecule has 0 aliphatic rings. The maximum Gasteiger partial charge on any atom is 0.0641 e. The summed E-state index contributed by atoms with van der Waals surface area (Å²) in [4.78, 5) is 0. The van der Waals surface area contributed by atoms with Gasteiger partial charge in [0.2, 0.25) is 0 Å². The fraction of sp³-hybridized carbons (Fsp3) is 0.222. The maximum atomic E-state index is 8.48. The summed E-state index contributed by atoms with van der Waals surface area (Å²) >= 11 is 9.15. The second kappa shape index (κ2) is 4.61. The maximum absolute atomic E-state index is 8.48. The standard InChI is InChI=1S/C9H8BrClN2/c10-8-2-1-6(11)5-7(8)9(13)3-4-12/h1-2,5,9H,3,13H2/t9-/m0/s1. The molecule has 1 aromatic rings. The number of hydrogen-bond donors (Lipinski definition) is 1. The first kappa shape index (κ1) is 10.5. The third kappa shape index (κ3) is 2.70. The quantitative estimate of drug-likeness (QED) is 0.887. The van der Waals surface area contributed by atoms with E-state index in [4.69, 9.17) is 22.6 Å². The van der Waals surface area contributed by atoms with Crippen LogP contribution in [0.2, 0.25) is 5.02 Å². The van der Waals surface area contributed by atoms with Gasteiger partial charge in [-0.3, -0.25) is 0 Å². The normalized spacial score (nSPS) is 12.2. The zero-order valence-corrected chi connectivity index (χ0v) is 9.14. The Kier molecular flexibility index (Phi) is 3.73. The second-order valence-electron chi connectivity index (χ2n) is 2.63. The van der Waals surface area contributed by atoms with Crippen LogP contribution in [0.15, 0.2) is 22.7 Å². The fourth-order valence-corrected chi connectivity index (χ4v) is 1.73. The van der Waals surface area contributed by atoms with Crippen LogP contribution in [0.25, 0.3) is 0 Å². The highest BCUT2D eigenvalue weighted by Crippen LogP contribution is 2.26. The van der Waals surface area contributed by atoms with Crippen LogP contribution in [0.5, 0.6) is 0 Å². The minimum absolute atomic E-state index is 0.280. The van der Waals surface area contributed by atoms with Crippen molar-refractivity contribution in [3.8, 4) is 6.07 Å². The van der Waals surface area contributed by atoms with Crippen LogP contribution in [0, 0.1) is 11.3 Å². The van der Waals surface area contributed by atoms with E-state index in [2.05, 4.69) is 15.9 Å². The third-order valence-corrected chi connectivity index (χ3v) is 2.63. The Balaban J connectivity index is 3.00. The van der Waals surface area contributed by atoms with Gasteiger partial charge in [0.15, 0.2) is 0 Å². The van der Waals surface area contributed by atoms with Crippen molar-refractivity contribution >= 4 is 27.5 Å². The Bertz CT molecular complexity index is 346. The molecule has 0 heterocycles. The van der Waals surface area contributed by atoms with Gasteiger partial charge in [-0.15, -0.1) is 0 Å². The molecule has 0 aliphatic carbocycles. The Morgan fingerprint density at radius 1 is 1.62 bits per heavy atom. The first-order valence-corrected chi connectivity index (χ1v) is 4.89. The lowest BCUT2D eigenvalue weighted by Crippen LogP contribution is -2.09. The summed E-state index contributed by atoms with van der Waals surface area (Å²) in [5.41, 5.74) is 6.63. The van der Waals surface area contributed by atoms with Crippen molar-refractivity contribution in [1.29, 1.82) is 5.26 Å². The van der Waals surface area contributed by atoms with E-state index in [-0.39, 0.29) is 6.04 Å².